The average molecular weight is 291 g/mol. The predicted octanol–water partition coefficient (Wildman–Crippen LogP) is 3.76. The lowest BCUT2D eigenvalue weighted by Gasteiger charge is -2.26. The Kier molecular flexibility index (Phi) is 5.04. The van der Waals surface area contributed by atoms with Crippen LogP contribution in [0.5, 0.6) is 0 Å². The summed E-state index contributed by atoms with van der Waals surface area (Å²) in [6, 6.07) is 4.93. The van der Waals surface area contributed by atoms with Gasteiger partial charge in [0.05, 0.1) is 11.6 Å². The smallest absolute Gasteiger partial charge is 0.338 e. The van der Waals surface area contributed by atoms with Crippen LogP contribution in [0.2, 0.25) is 0 Å². The SMILES string of the molecule is N#C/C=C/[C@H]1CC[C@H](OC(=O)c2ccc(F)c(F)c2)CC1. The molecule has 0 aromatic heterocycles. The number of carbonyl (C=O) groups is 1. The molecule has 0 aliphatic heterocycles. The lowest BCUT2D eigenvalue weighted by Crippen LogP contribution is -2.24. The van der Waals surface area contributed by atoms with Crippen molar-refractivity contribution in [2.45, 2.75) is 31.8 Å². The van der Waals surface area contributed by atoms with Crippen molar-refractivity contribution in [2.75, 3.05) is 0 Å². The molecule has 1 fully saturated rings. The molecule has 110 valence electrons. The third-order valence-electron chi connectivity index (χ3n) is 3.59. The molecular formula is C16H15F2NO2. The number of ether oxygens (including phenoxy) is 1. The Bertz CT molecular complexity index is 584. The van der Waals surface area contributed by atoms with E-state index in [1.807, 2.05) is 12.1 Å². The Morgan fingerprint density at radius 3 is 2.57 bits per heavy atom. The molecular weight excluding hydrogens is 276 g/mol. The fourth-order valence-electron chi connectivity index (χ4n) is 2.42. The van der Waals surface area contributed by atoms with Crippen LogP contribution in [0.25, 0.3) is 0 Å². The molecule has 0 unspecified atom stereocenters. The van der Waals surface area contributed by atoms with Crippen LogP contribution in [-0.2, 0) is 4.74 Å². The van der Waals surface area contributed by atoms with Crippen molar-refractivity contribution in [3.63, 3.8) is 0 Å². The number of hydrogen-bond acceptors (Lipinski definition) is 3. The molecule has 0 atom stereocenters. The Morgan fingerprint density at radius 2 is 1.95 bits per heavy atom. The van der Waals surface area contributed by atoms with Crippen molar-refractivity contribution >= 4 is 5.97 Å². The molecule has 0 spiro atoms. The fourth-order valence-corrected chi connectivity index (χ4v) is 2.42. The lowest BCUT2D eigenvalue weighted by molar-refractivity contribution is 0.0184. The number of esters is 1. The van der Waals surface area contributed by atoms with Crippen LogP contribution in [0.15, 0.2) is 30.4 Å². The number of rotatable bonds is 3. The minimum atomic E-state index is -1.06. The van der Waals surface area contributed by atoms with Gasteiger partial charge in [0.25, 0.3) is 0 Å². The first-order chi connectivity index (χ1) is 10.1. The van der Waals surface area contributed by atoms with Crippen LogP contribution < -0.4 is 0 Å². The zero-order valence-electron chi connectivity index (χ0n) is 11.4. The molecule has 21 heavy (non-hydrogen) atoms. The molecule has 0 amide bonds. The molecule has 1 saturated carbocycles. The van der Waals surface area contributed by atoms with Crippen molar-refractivity contribution in [1.82, 2.24) is 0 Å². The van der Waals surface area contributed by atoms with Gasteiger partial charge in [-0.25, -0.2) is 13.6 Å². The number of nitriles is 1. The van der Waals surface area contributed by atoms with Crippen LogP contribution in [0.3, 0.4) is 0 Å². The highest BCUT2D eigenvalue weighted by atomic mass is 19.2. The highest BCUT2D eigenvalue weighted by molar-refractivity contribution is 5.89. The molecule has 0 bridgehead atoms. The molecule has 1 aromatic carbocycles. The second kappa shape index (κ2) is 6.98. The number of benzene rings is 1. The first-order valence-corrected chi connectivity index (χ1v) is 6.82. The topological polar surface area (TPSA) is 50.1 Å². The van der Waals surface area contributed by atoms with Crippen molar-refractivity contribution in [3.05, 3.63) is 47.5 Å². The number of allylic oxidation sites excluding steroid dienone is 2. The summed E-state index contributed by atoms with van der Waals surface area (Å²) in [7, 11) is 0. The van der Waals surface area contributed by atoms with Crippen LogP contribution in [0.4, 0.5) is 8.78 Å². The molecule has 0 N–H and O–H groups in total. The van der Waals surface area contributed by atoms with E-state index in [1.54, 1.807) is 0 Å². The summed E-state index contributed by atoms with van der Waals surface area (Å²) in [6.07, 6.45) is 6.22. The van der Waals surface area contributed by atoms with E-state index in [0.29, 0.717) is 18.8 Å². The van der Waals surface area contributed by atoms with E-state index in [-0.39, 0.29) is 11.7 Å². The van der Waals surface area contributed by atoms with Gasteiger partial charge in [0.1, 0.15) is 6.10 Å². The van der Waals surface area contributed by atoms with E-state index in [9.17, 15) is 13.6 Å². The molecule has 2 rings (SSSR count). The molecule has 3 nitrogen and oxygen atoms in total. The van der Waals surface area contributed by atoms with Crippen LogP contribution >= 0.6 is 0 Å². The summed E-state index contributed by atoms with van der Waals surface area (Å²) in [6.45, 7) is 0. The van der Waals surface area contributed by atoms with E-state index < -0.39 is 17.6 Å². The summed E-state index contributed by atoms with van der Waals surface area (Å²) >= 11 is 0. The van der Waals surface area contributed by atoms with Gasteiger partial charge in [-0.2, -0.15) is 5.26 Å². The van der Waals surface area contributed by atoms with Crippen LogP contribution in [0, 0.1) is 28.9 Å². The van der Waals surface area contributed by atoms with Gasteiger partial charge >= 0.3 is 5.97 Å². The normalized spacial score (nSPS) is 22.0. The van der Waals surface area contributed by atoms with E-state index in [4.69, 9.17) is 10.00 Å². The highest BCUT2D eigenvalue weighted by Crippen LogP contribution is 2.27. The van der Waals surface area contributed by atoms with Crippen molar-refractivity contribution < 1.29 is 18.3 Å². The average Bonchev–Trinajstić information content (AvgIpc) is 2.49. The molecule has 1 aliphatic rings. The number of hydrogen-bond donors (Lipinski definition) is 0. The second-order valence-electron chi connectivity index (χ2n) is 5.06. The first-order valence-electron chi connectivity index (χ1n) is 6.82. The monoisotopic (exact) mass is 291 g/mol. The Balaban J connectivity index is 1.88. The molecule has 1 aliphatic carbocycles. The summed E-state index contributed by atoms with van der Waals surface area (Å²) in [4.78, 5) is 11.9. The predicted molar refractivity (Wildman–Crippen MR) is 72.3 cm³/mol. The highest BCUT2D eigenvalue weighted by Gasteiger charge is 2.23. The lowest BCUT2D eigenvalue weighted by atomic mass is 9.87. The van der Waals surface area contributed by atoms with Gasteiger partial charge in [-0.15, -0.1) is 0 Å². The Hall–Kier alpha value is -2.22. The minimum absolute atomic E-state index is 0.0143. The summed E-state index contributed by atoms with van der Waals surface area (Å²) in [5, 5.41) is 8.47. The van der Waals surface area contributed by atoms with Gasteiger partial charge in [-0.1, -0.05) is 6.08 Å². The van der Waals surface area contributed by atoms with Gasteiger partial charge in [0.15, 0.2) is 11.6 Å². The molecule has 1 aromatic rings. The Labute approximate surface area is 121 Å². The number of halogens is 2. The quantitative estimate of drug-likeness (QED) is 0.629. The molecule has 0 heterocycles. The zero-order valence-corrected chi connectivity index (χ0v) is 11.4. The van der Waals surface area contributed by atoms with E-state index in [0.717, 1.165) is 25.0 Å². The maximum Gasteiger partial charge on any atom is 0.338 e. The van der Waals surface area contributed by atoms with E-state index >= 15 is 0 Å². The van der Waals surface area contributed by atoms with Gasteiger partial charge in [0, 0.05) is 6.08 Å². The third-order valence-corrected chi connectivity index (χ3v) is 3.59. The Morgan fingerprint density at radius 1 is 1.24 bits per heavy atom. The third kappa shape index (κ3) is 4.12. The second-order valence-corrected chi connectivity index (χ2v) is 5.06. The first kappa shape index (κ1) is 15.2. The standard InChI is InChI=1S/C16H15F2NO2/c17-14-8-5-12(10-15(14)18)16(20)21-13-6-3-11(4-7-13)2-1-9-19/h1-2,5,8,10-11,13H,3-4,6-7H2/b2-1+/t11-,13-. The van der Waals surface area contributed by atoms with Gasteiger partial charge in [-0.3, -0.25) is 0 Å². The fraction of sp³-hybridized carbons (Fsp3) is 0.375. The maximum atomic E-state index is 13.1. The minimum Gasteiger partial charge on any atom is -0.459 e. The number of nitrogens with zero attached hydrogens (tertiary/aromatic N) is 1. The summed E-state index contributed by atoms with van der Waals surface area (Å²) in [5.41, 5.74) is 0.0143. The molecule has 5 heteroatoms. The van der Waals surface area contributed by atoms with Crippen molar-refractivity contribution in [3.8, 4) is 6.07 Å². The zero-order chi connectivity index (χ0) is 15.2. The molecule has 0 radical (unpaired) electrons. The summed E-state index contributed by atoms with van der Waals surface area (Å²) < 4.78 is 31.2. The van der Waals surface area contributed by atoms with E-state index in [1.165, 1.54) is 12.1 Å². The van der Waals surface area contributed by atoms with Gasteiger partial charge in [-0.05, 0) is 49.8 Å². The number of carbonyl (C=O) groups excluding carboxylic acids is 1. The van der Waals surface area contributed by atoms with Crippen LogP contribution in [-0.4, -0.2) is 12.1 Å². The largest absolute Gasteiger partial charge is 0.459 e. The van der Waals surface area contributed by atoms with Crippen LogP contribution in [0.1, 0.15) is 36.0 Å². The maximum absolute atomic E-state index is 13.1. The van der Waals surface area contributed by atoms with Crippen molar-refractivity contribution in [1.29, 1.82) is 5.26 Å². The van der Waals surface area contributed by atoms with Gasteiger partial charge in [0.2, 0.25) is 0 Å². The van der Waals surface area contributed by atoms with Crippen molar-refractivity contribution in [2.24, 2.45) is 5.92 Å². The molecule has 0 saturated heterocycles. The van der Waals surface area contributed by atoms with E-state index in [2.05, 4.69) is 0 Å². The van der Waals surface area contributed by atoms with Gasteiger partial charge < -0.3 is 4.74 Å². The summed E-state index contributed by atoms with van der Waals surface area (Å²) in [5.74, 6) is -2.35.